The first kappa shape index (κ1) is 18.5. The van der Waals surface area contributed by atoms with E-state index in [1.807, 2.05) is 4.57 Å². The number of aromatic nitrogens is 4. The highest BCUT2D eigenvalue weighted by molar-refractivity contribution is 5.94. The third-order valence-electron chi connectivity index (χ3n) is 3.58. The van der Waals surface area contributed by atoms with Crippen LogP contribution < -0.4 is 5.32 Å². The van der Waals surface area contributed by atoms with Gasteiger partial charge in [-0.25, -0.2) is 9.37 Å². The summed E-state index contributed by atoms with van der Waals surface area (Å²) < 4.78 is 57.5. The van der Waals surface area contributed by atoms with E-state index in [0.29, 0.717) is 19.5 Å². The first-order chi connectivity index (χ1) is 12.8. The van der Waals surface area contributed by atoms with Crippen molar-refractivity contribution in [2.24, 2.45) is 0 Å². The lowest BCUT2D eigenvalue weighted by Gasteiger charge is -2.07. The highest BCUT2D eigenvalue weighted by Gasteiger charge is 2.38. The number of rotatable bonds is 6. The summed E-state index contributed by atoms with van der Waals surface area (Å²) in [5, 5.41) is 5.75. The van der Waals surface area contributed by atoms with Gasteiger partial charge in [0.15, 0.2) is 0 Å². The summed E-state index contributed by atoms with van der Waals surface area (Å²) in [5.41, 5.74) is -0.274. The molecular weight excluding hydrogens is 370 g/mol. The third kappa shape index (κ3) is 4.49. The summed E-state index contributed by atoms with van der Waals surface area (Å²) in [4.78, 5) is 19.1. The summed E-state index contributed by atoms with van der Waals surface area (Å²) >= 11 is 0. The van der Waals surface area contributed by atoms with E-state index >= 15 is 0 Å². The second kappa shape index (κ2) is 7.56. The molecule has 0 aliphatic heterocycles. The number of carbonyl (C=O) groups is 1. The minimum atomic E-state index is -4.82. The first-order valence-corrected chi connectivity index (χ1v) is 7.79. The van der Waals surface area contributed by atoms with Crippen LogP contribution in [0.25, 0.3) is 11.4 Å². The fraction of sp³-hybridized carbons (Fsp3) is 0.250. The molecule has 11 heteroatoms. The van der Waals surface area contributed by atoms with Gasteiger partial charge in [-0.05, 0) is 24.6 Å². The van der Waals surface area contributed by atoms with Gasteiger partial charge in [0.2, 0.25) is 5.82 Å². The van der Waals surface area contributed by atoms with Crippen LogP contribution in [-0.2, 0) is 12.7 Å². The van der Waals surface area contributed by atoms with E-state index < -0.39 is 29.6 Å². The molecule has 1 N–H and O–H groups in total. The second-order valence-corrected chi connectivity index (χ2v) is 5.53. The number of amides is 1. The molecule has 0 atom stereocenters. The van der Waals surface area contributed by atoms with Gasteiger partial charge in [-0.2, -0.15) is 18.2 Å². The molecule has 0 saturated carbocycles. The van der Waals surface area contributed by atoms with Crippen molar-refractivity contribution >= 4 is 5.91 Å². The van der Waals surface area contributed by atoms with Crippen LogP contribution in [0.15, 0.2) is 41.4 Å². The number of benzene rings is 1. The molecule has 0 saturated heterocycles. The summed E-state index contributed by atoms with van der Waals surface area (Å²) in [6.45, 7) is 1.02. The van der Waals surface area contributed by atoms with Gasteiger partial charge in [0.25, 0.3) is 5.91 Å². The van der Waals surface area contributed by atoms with Crippen LogP contribution in [0, 0.1) is 5.82 Å². The molecule has 0 unspecified atom stereocenters. The van der Waals surface area contributed by atoms with Crippen LogP contribution in [0.3, 0.4) is 0 Å². The van der Waals surface area contributed by atoms with Gasteiger partial charge in [-0.1, -0.05) is 5.16 Å². The quantitative estimate of drug-likeness (QED) is 0.523. The van der Waals surface area contributed by atoms with Gasteiger partial charge in [0, 0.05) is 31.0 Å². The van der Waals surface area contributed by atoms with Gasteiger partial charge in [0.05, 0.1) is 11.9 Å². The number of alkyl halides is 3. The van der Waals surface area contributed by atoms with Crippen LogP contribution >= 0.6 is 0 Å². The monoisotopic (exact) mass is 383 g/mol. The molecule has 27 heavy (non-hydrogen) atoms. The number of aryl methyl sites for hydroxylation is 1. The van der Waals surface area contributed by atoms with Crippen molar-refractivity contribution in [2.75, 3.05) is 6.54 Å². The molecule has 1 amide bonds. The zero-order valence-electron chi connectivity index (χ0n) is 13.7. The number of carbonyl (C=O) groups excluding carboxylic acids is 1. The van der Waals surface area contributed by atoms with E-state index in [9.17, 15) is 22.4 Å². The lowest BCUT2D eigenvalue weighted by molar-refractivity contribution is -0.159. The van der Waals surface area contributed by atoms with Crippen LogP contribution in [0.2, 0.25) is 0 Å². The molecule has 0 spiro atoms. The smallest absolute Gasteiger partial charge is 0.352 e. The predicted molar refractivity (Wildman–Crippen MR) is 83.9 cm³/mol. The molecule has 3 aromatic rings. The Morgan fingerprint density at radius 3 is 2.74 bits per heavy atom. The molecule has 7 nitrogen and oxygen atoms in total. The molecule has 0 bridgehead atoms. The van der Waals surface area contributed by atoms with Crippen molar-refractivity contribution in [2.45, 2.75) is 19.1 Å². The third-order valence-corrected chi connectivity index (χ3v) is 3.58. The molecule has 3 rings (SSSR count). The average Bonchev–Trinajstić information content (AvgIpc) is 3.29. The van der Waals surface area contributed by atoms with Crippen molar-refractivity contribution in [1.29, 1.82) is 0 Å². The Hall–Kier alpha value is -3.24. The van der Waals surface area contributed by atoms with Gasteiger partial charge >= 0.3 is 12.1 Å². The largest absolute Gasteiger partial charge is 0.471 e. The number of nitrogens with one attached hydrogen (secondary N) is 1. The van der Waals surface area contributed by atoms with E-state index in [1.165, 1.54) is 6.07 Å². The molecular formula is C16H13F4N5O2. The molecule has 1 aromatic carbocycles. The van der Waals surface area contributed by atoms with E-state index in [0.717, 1.165) is 12.1 Å². The number of hydrogen-bond acceptors (Lipinski definition) is 5. The van der Waals surface area contributed by atoms with Crippen LogP contribution in [0.1, 0.15) is 22.7 Å². The minimum Gasteiger partial charge on any atom is -0.352 e. The van der Waals surface area contributed by atoms with Gasteiger partial charge < -0.3 is 14.4 Å². The van der Waals surface area contributed by atoms with Gasteiger partial charge in [-0.3, -0.25) is 4.79 Å². The van der Waals surface area contributed by atoms with E-state index in [1.54, 1.807) is 18.7 Å². The lowest BCUT2D eigenvalue weighted by atomic mass is 10.1. The van der Waals surface area contributed by atoms with Crippen LogP contribution in [0.4, 0.5) is 17.6 Å². The second-order valence-electron chi connectivity index (χ2n) is 5.53. The van der Waals surface area contributed by atoms with Gasteiger partial charge in [-0.15, -0.1) is 0 Å². The van der Waals surface area contributed by atoms with Crippen LogP contribution in [0.5, 0.6) is 0 Å². The normalized spacial score (nSPS) is 11.6. The highest BCUT2D eigenvalue weighted by atomic mass is 19.4. The van der Waals surface area contributed by atoms with E-state index in [-0.39, 0.29) is 11.1 Å². The molecule has 0 radical (unpaired) electrons. The first-order valence-electron chi connectivity index (χ1n) is 7.79. The topological polar surface area (TPSA) is 85.8 Å². The average molecular weight is 383 g/mol. The predicted octanol–water partition coefficient (Wildman–Crippen LogP) is 2.91. The zero-order valence-corrected chi connectivity index (χ0v) is 13.7. The fourth-order valence-corrected chi connectivity index (χ4v) is 2.27. The van der Waals surface area contributed by atoms with Crippen molar-refractivity contribution in [1.82, 2.24) is 25.0 Å². The highest BCUT2D eigenvalue weighted by Crippen LogP contribution is 2.30. The number of imidazole rings is 1. The number of halogens is 4. The molecule has 2 heterocycles. The molecule has 0 aliphatic rings. The summed E-state index contributed by atoms with van der Waals surface area (Å²) in [5.74, 6) is -3.56. The number of nitrogens with zero attached hydrogens (tertiary/aromatic N) is 4. The maximum Gasteiger partial charge on any atom is 0.471 e. The lowest BCUT2D eigenvalue weighted by Crippen LogP contribution is -2.25. The van der Waals surface area contributed by atoms with Crippen molar-refractivity contribution < 1.29 is 26.9 Å². The maximum atomic E-state index is 14.2. The summed E-state index contributed by atoms with van der Waals surface area (Å²) in [7, 11) is 0. The molecule has 2 aromatic heterocycles. The van der Waals surface area contributed by atoms with E-state index in [4.69, 9.17) is 0 Å². The summed E-state index contributed by atoms with van der Waals surface area (Å²) in [6, 6.07) is 3.30. The minimum absolute atomic E-state index is 0.0263. The Kier molecular flexibility index (Phi) is 5.19. The Bertz CT molecular complexity index is 921. The maximum absolute atomic E-state index is 14.2. The Balaban J connectivity index is 1.62. The Morgan fingerprint density at radius 2 is 2.11 bits per heavy atom. The Labute approximate surface area is 150 Å². The van der Waals surface area contributed by atoms with Crippen molar-refractivity contribution in [3.8, 4) is 11.4 Å². The molecule has 0 fully saturated rings. The van der Waals surface area contributed by atoms with Crippen LogP contribution in [-0.4, -0.2) is 32.1 Å². The number of hydrogen-bond donors (Lipinski definition) is 1. The van der Waals surface area contributed by atoms with E-state index in [2.05, 4.69) is 25.0 Å². The molecule has 0 aliphatic carbocycles. The van der Waals surface area contributed by atoms with Gasteiger partial charge in [0.1, 0.15) is 5.82 Å². The zero-order chi connectivity index (χ0) is 19.4. The SMILES string of the molecule is O=C(NCCCn1ccnc1)c1ccc(-c2noc(C(F)(F)F)n2)c(F)c1. The Morgan fingerprint density at radius 1 is 1.30 bits per heavy atom. The van der Waals surface area contributed by atoms with Crippen molar-refractivity contribution in [3.05, 3.63) is 54.2 Å². The fourth-order valence-electron chi connectivity index (χ4n) is 2.27. The standard InChI is InChI=1S/C16H13F4N5O2/c17-12-8-10(14(26)22-4-1-6-25-7-5-21-9-25)2-3-11(12)13-23-15(27-24-13)16(18,19)20/h2-3,5,7-9H,1,4,6H2,(H,22,26). The van der Waals surface area contributed by atoms with Crippen molar-refractivity contribution in [3.63, 3.8) is 0 Å². The molecule has 142 valence electrons. The summed E-state index contributed by atoms with van der Waals surface area (Å²) in [6.07, 6.45) is 0.907.